The van der Waals surface area contributed by atoms with E-state index in [9.17, 15) is 8.42 Å². The van der Waals surface area contributed by atoms with Gasteiger partial charge in [-0.25, -0.2) is 8.42 Å². The van der Waals surface area contributed by atoms with Crippen LogP contribution in [0.25, 0.3) is 0 Å². The highest BCUT2D eigenvalue weighted by atomic mass is 32.2. The summed E-state index contributed by atoms with van der Waals surface area (Å²) in [5, 5.41) is 11.8. The molecule has 2 N–H and O–H groups in total. The van der Waals surface area contributed by atoms with E-state index in [4.69, 9.17) is 0 Å². The number of benzene rings is 1. The van der Waals surface area contributed by atoms with E-state index >= 15 is 0 Å². The Hall–Kier alpha value is -1.67. The molecule has 0 bridgehead atoms. The monoisotopic (exact) mass is 312 g/mol. The lowest BCUT2D eigenvalue weighted by Crippen LogP contribution is -2.15. The Morgan fingerprint density at radius 3 is 2.60 bits per heavy atom. The lowest BCUT2D eigenvalue weighted by molar-refractivity contribution is 0.601. The molecule has 2 aromatic rings. The van der Waals surface area contributed by atoms with Gasteiger partial charge in [0.15, 0.2) is 0 Å². The number of anilines is 2. The van der Waals surface area contributed by atoms with Crippen molar-refractivity contribution in [3.63, 3.8) is 0 Å². The quantitative estimate of drug-likeness (QED) is 0.855. The molecule has 2 rings (SSSR count). The third-order valence-corrected chi connectivity index (χ3v) is 5.04. The number of rotatable bonds is 6. The van der Waals surface area contributed by atoms with E-state index in [1.807, 2.05) is 13.8 Å². The smallest absolute Gasteiger partial charge is 0.265 e. The Morgan fingerprint density at radius 2 is 1.95 bits per heavy atom. The lowest BCUT2D eigenvalue weighted by Gasteiger charge is -2.11. The van der Waals surface area contributed by atoms with Crippen molar-refractivity contribution in [3.05, 3.63) is 29.3 Å². The molecule has 0 aliphatic heterocycles. The average molecular weight is 312 g/mol. The number of nitrogens with zero attached hydrogens (tertiary/aromatic N) is 2. The Labute approximate surface area is 122 Å². The van der Waals surface area contributed by atoms with Crippen molar-refractivity contribution in [2.45, 2.75) is 25.2 Å². The molecule has 0 saturated carbocycles. The maximum absolute atomic E-state index is 12.4. The highest BCUT2D eigenvalue weighted by molar-refractivity contribution is 7.93. The van der Waals surface area contributed by atoms with Gasteiger partial charge in [0.05, 0.1) is 5.69 Å². The summed E-state index contributed by atoms with van der Waals surface area (Å²) < 4.78 is 27.2. The molecule has 0 amide bonds. The predicted octanol–water partition coefficient (Wildman–Crippen LogP) is 2.33. The van der Waals surface area contributed by atoms with Crippen LogP contribution in [0.1, 0.15) is 18.9 Å². The summed E-state index contributed by atoms with van der Waals surface area (Å²) in [4.78, 5) is 0.204. The summed E-state index contributed by atoms with van der Waals surface area (Å²) in [6.45, 7) is 4.50. The standard InChI is InChI=1S/C12H16N4O2S2/c1-3-11-14-15-12(19-11)16-20(17,18)10-8-6-5-7-9(10)13-4-2/h5-8,13H,3-4H2,1-2H3,(H,15,16). The SMILES string of the molecule is CCNc1ccccc1S(=O)(=O)Nc1nnc(CC)s1. The highest BCUT2D eigenvalue weighted by Crippen LogP contribution is 2.25. The van der Waals surface area contributed by atoms with Gasteiger partial charge in [-0.3, -0.25) is 4.72 Å². The highest BCUT2D eigenvalue weighted by Gasteiger charge is 2.19. The number of sulfonamides is 1. The summed E-state index contributed by atoms with van der Waals surface area (Å²) in [6, 6.07) is 6.77. The van der Waals surface area contributed by atoms with Gasteiger partial charge in [-0.05, 0) is 25.5 Å². The van der Waals surface area contributed by atoms with Crippen LogP contribution in [-0.4, -0.2) is 25.2 Å². The maximum Gasteiger partial charge on any atom is 0.265 e. The number of hydrogen-bond acceptors (Lipinski definition) is 6. The van der Waals surface area contributed by atoms with Crippen LogP contribution in [0.3, 0.4) is 0 Å². The molecule has 1 aromatic heterocycles. The maximum atomic E-state index is 12.4. The third kappa shape index (κ3) is 3.26. The second kappa shape index (κ2) is 6.19. The van der Waals surface area contributed by atoms with Crippen LogP contribution in [0.4, 0.5) is 10.8 Å². The summed E-state index contributed by atoms with van der Waals surface area (Å²) in [7, 11) is -3.67. The summed E-state index contributed by atoms with van der Waals surface area (Å²) >= 11 is 1.24. The molecule has 20 heavy (non-hydrogen) atoms. The minimum absolute atomic E-state index is 0.204. The Bertz CT molecular complexity index is 682. The van der Waals surface area contributed by atoms with E-state index in [0.29, 0.717) is 12.2 Å². The summed E-state index contributed by atoms with van der Waals surface area (Å²) in [6.07, 6.45) is 0.730. The number of nitrogens with one attached hydrogen (secondary N) is 2. The van der Waals surface area contributed by atoms with Crippen LogP contribution >= 0.6 is 11.3 Å². The van der Waals surface area contributed by atoms with Crippen molar-refractivity contribution in [3.8, 4) is 0 Å². The Kier molecular flexibility index (Phi) is 4.56. The zero-order valence-corrected chi connectivity index (χ0v) is 12.9. The zero-order chi connectivity index (χ0) is 14.6. The fraction of sp³-hybridized carbons (Fsp3) is 0.333. The number of para-hydroxylation sites is 1. The zero-order valence-electron chi connectivity index (χ0n) is 11.3. The van der Waals surface area contributed by atoms with Crippen molar-refractivity contribution in [1.82, 2.24) is 10.2 Å². The third-order valence-electron chi connectivity index (χ3n) is 2.53. The molecule has 0 radical (unpaired) electrons. The second-order valence-corrected chi connectivity index (χ2v) is 6.70. The molecular formula is C12H16N4O2S2. The topological polar surface area (TPSA) is 84.0 Å². The van der Waals surface area contributed by atoms with Crippen molar-refractivity contribution in [2.24, 2.45) is 0 Å². The van der Waals surface area contributed by atoms with Crippen LogP contribution in [0, 0.1) is 0 Å². The van der Waals surface area contributed by atoms with E-state index < -0.39 is 10.0 Å². The second-order valence-electron chi connectivity index (χ2n) is 3.99. The van der Waals surface area contributed by atoms with Gasteiger partial charge in [0.1, 0.15) is 9.90 Å². The molecule has 0 saturated heterocycles. The lowest BCUT2D eigenvalue weighted by atomic mass is 10.3. The molecule has 6 nitrogen and oxygen atoms in total. The van der Waals surface area contributed by atoms with E-state index in [2.05, 4.69) is 20.2 Å². The molecule has 0 unspecified atom stereocenters. The van der Waals surface area contributed by atoms with E-state index in [0.717, 1.165) is 11.4 Å². The fourth-order valence-electron chi connectivity index (χ4n) is 1.65. The first kappa shape index (κ1) is 14.7. The van der Waals surface area contributed by atoms with E-state index in [-0.39, 0.29) is 10.0 Å². The molecule has 0 spiro atoms. The minimum atomic E-state index is -3.67. The summed E-state index contributed by atoms with van der Waals surface area (Å²) in [5.41, 5.74) is 0.572. The first-order valence-electron chi connectivity index (χ1n) is 6.25. The number of hydrogen-bond donors (Lipinski definition) is 2. The van der Waals surface area contributed by atoms with E-state index in [1.165, 1.54) is 11.3 Å². The van der Waals surface area contributed by atoms with Gasteiger partial charge in [0.25, 0.3) is 10.0 Å². The minimum Gasteiger partial charge on any atom is -0.384 e. The van der Waals surface area contributed by atoms with Crippen LogP contribution in [0.2, 0.25) is 0 Å². The molecule has 108 valence electrons. The van der Waals surface area contributed by atoms with Gasteiger partial charge < -0.3 is 5.32 Å². The molecule has 1 heterocycles. The van der Waals surface area contributed by atoms with Gasteiger partial charge in [0.2, 0.25) is 5.13 Å². The molecular weight excluding hydrogens is 296 g/mol. The van der Waals surface area contributed by atoms with Crippen LogP contribution in [0.15, 0.2) is 29.2 Å². The van der Waals surface area contributed by atoms with Crippen LogP contribution in [-0.2, 0) is 16.4 Å². The van der Waals surface area contributed by atoms with Gasteiger partial charge in [-0.1, -0.05) is 30.4 Å². The van der Waals surface area contributed by atoms with Crippen LogP contribution < -0.4 is 10.0 Å². The van der Waals surface area contributed by atoms with Gasteiger partial charge in [-0.2, -0.15) is 0 Å². The molecule has 0 aliphatic carbocycles. The molecule has 1 aromatic carbocycles. The largest absolute Gasteiger partial charge is 0.384 e. The van der Waals surface area contributed by atoms with Crippen molar-refractivity contribution >= 4 is 32.2 Å². The first-order valence-corrected chi connectivity index (χ1v) is 8.55. The fourth-order valence-corrected chi connectivity index (χ4v) is 3.74. The van der Waals surface area contributed by atoms with Gasteiger partial charge in [0, 0.05) is 6.54 Å². The molecule has 0 aliphatic rings. The molecule has 0 atom stereocenters. The van der Waals surface area contributed by atoms with Gasteiger partial charge in [-0.15, -0.1) is 10.2 Å². The van der Waals surface area contributed by atoms with E-state index in [1.54, 1.807) is 24.3 Å². The molecule has 8 heteroatoms. The predicted molar refractivity (Wildman–Crippen MR) is 80.7 cm³/mol. The Morgan fingerprint density at radius 1 is 1.20 bits per heavy atom. The van der Waals surface area contributed by atoms with Crippen molar-refractivity contribution in [1.29, 1.82) is 0 Å². The summed E-state index contributed by atoms with van der Waals surface area (Å²) in [5.74, 6) is 0. The van der Waals surface area contributed by atoms with Crippen molar-refractivity contribution < 1.29 is 8.42 Å². The van der Waals surface area contributed by atoms with Gasteiger partial charge >= 0.3 is 0 Å². The number of aryl methyl sites for hydroxylation is 1. The normalized spacial score (nSPS) is 11.3. The first-order chi connectivity index (χ1) is 9.56. The Balaban J connectivity index is 2.30. The average Bonchev–Trinajstić information content (AvgIpc) is 2.86. The van der Waals surface area contributed by atoms with Crippen LogP contribution in [0.5, 0.6) is 0 Å². The molecule has 0 fully saturated rings. The van der Waals surface area contributed by atoms with Crippen molar-refractivity contribution in [2.75, 3.05) is 16.6 Å². The number of aromatic nitrogens is 2.